The lowest BCUT2D eigenvalue weighted by Crippen LogP contribution is -2.70. The summed E-state index contributed by atoms with van der Waals surface area (Å²) in [5.74, 6) is 3.20. The lowest BCUT2D eigenvalue weighted by molar-refractivity contribution is -0.149. The van der Waals surface area contributed by atoms with Crippen molar-refractivity contribution in [3.8, 4) is 0 Å². The van der Waals surface area contributed by atoms with Crippen molar-refractivity contribution in [1.29, 1.82) is 0 Å². The van der Waals surface area contributed by atoms with E-state index in [2.05, 4.69) is 18.8 Å². The minimum atomic E-state index is 0.100. The molecule has 22 heavy (non-hydrogen) atoms. The van der Waals surface area contributed by atoms with Crippen LogP contribution in [0.25, 0.3) is 0 Å². The van der Waals surface area contributed by atoms with Gasteiger partial charge in [-0.15, -0.1) is 0 Å². The Labute approximate surface area is 135 Å². The van der Waals surface area contributed by atoms with Gasteiger partial charge in [0.1, 0.15) is 0 Å². The van der Waals surface area contributed by atoms with Crippen molar-refractivity contribution in [2.45, 2.75) is 77.2 Å². The molecule has 0 heterocycles. The number of hydrogen-bond donors (Lipinski definition) is 1. The van der Waals surface area contributed by atoms with Gasteiger partial charge in [0.25, 0.3) is 0 Å². The quantitative estimate of drug-likeness (QED) is 0.766. The summed E-state index contributed by atoms with van der Waals surface area (Å²) in [5, 5.41) is 3.60. The van der Waals surface area contributed by atoms with E-state index in [-0.39, 0.29) is 11.4 Å². The Bertz CT molecular complexity index is 486. The maximum atomic E-state index is 12.6. The molecule has 5 saturated carbocycles. The van der Waals surface area contributed by atoms with E-state index in [1.165, 1.54) is 57.8 Å². The molecule has 5 fully saturated rings. The molecule has 0 radical (unpaired) electrons. The second-order valence-electron chi connectivity index (χ2n) is 9.30. The first kappa shape index (κ1) is 14.8. The molecule has 4 bridgehead atoms. The van der Waals surface area contributed by atoms with E-state index in [1.54, 1.807) is 0 Å². The number of carbonyl (C=O) groups excluding carboxylic acids is 1. The Balaban J connectivity index is 1.71. The molecule has 5 rings (SSSR count). The van der Waals surface area contributed by atoms with Crippen molar-refractivity contribution in [3.05, 3.63) is 12.2 Å². The van der Waals surface area contributed by atoms with E-state index >= 15 is 0 Å². The van der Waals surface area contributed by atoms with Crippen LogP contribution < -0.4 is 5.32 Å². The van der Waals surface area contributed by atoms with Gasteiger partial charge in [-0.1, -0.05) is 26.3 Å². The molecule has 2 nitrogen and oxygen atoms in total. The first-order valence-electron chi connectivity index (χ1n) is 9.41. The Morgan fingerprint density at radius 3 is 2.14 bits per heavy atom. The third kappa shape index (κ3) is 2.02. The number of hydrogen-bond acceptors (Lipinski definition) is 1. The summed E-state index contributed by atoms with van der Waals surface area (Å²) in [7, 11) is 0. The van der Waals surface area contributed by atoms with Gasteiger partial charge >= 0.3 is 0 Å². The molecule has 0 aliphatic heterocycles. The summed E-state index contributed by atoms with van der Waals surface area (Å²) in [6.07, 6.45) is 12.2. The summed E-state index contributed by atoms with van der Waals surface area (Å²) >= 11 is 0. The topological polar surface area (TPSA) is 29.1 Å². The van der Waals surface area contributed by atoms with E-state index < -0.39 is 0 Å². The monoisotopic (exact) mass is 301 g/mol. The van der Waals surface area contributed by atoms with Crippen LogP contribution in [0, 0.1) is 29.1 Å². The van der Waals surface area contributed by atoms with Crippen LogP contribution in [-0.2, 0) is 4.79 Å². The standard InChI is InChI=1S/C20H31NO/c1-13(2)18(22)21-20(15-6-4-5-7-15)16-8-14-9-17(20)12-19(3,10-14)11-16/h14-17H,1,4-12H2,2-3H3,(H,21,22). The molecule has 2 heteroatoms. The smallest absolute Gasteiger partial charge is 0.246 e. The highest BCUT2D eigenvalue weighted by Crippen LogP contribution is 2.66. The van der Waals surface area contributed by atoms with Crippen LogP contribution in [-0.4, -0.2) is 11.4 Å². The summed E-state index contributed by atoms with van der Waals surface area (Å²) in [5.41, 5.74) is 1.34. The zero-order valence-corrected chi connectivity index (χ0v) is 14.3. The second kappa shape index (κ2) is 4.85. The van der Waals surface area contributed by atoms with Crippen LogP contribution in [0.5, 0.6) is 0 Å². The fraction of sp³-hybridized carbons (Fsp3) is 0.850. The molecular weight excluding hydrogens is 270 g/mol. The molecule has 1 N–H and O–H groups in total. The molecule has 2 atom stereocenters. The van der Waals surface area contributed by atoms with Gasteiger partial charge in [0.15, 0.2) is 0 Å². The van der Waals surface area contributed by atoms with Crippen LogP contribution in [0.15, 0.2) is 12.2 Å². The fourth-order valence-electron chi connectivity index (χ4n) is 7.11. The molecule has 1 amide bonds. The lowest BCUT2D eigenvalue weighted by atomic mass is 9.41. The molecule has 0 saturated heterocycles. The zero-order valence-electron chi connectivity index (χ0n) is 14.3. The normalized spacial score (nSPS) is 46.9. The van der Waals surface area contributed by atoms with Crippen LogP contribution in [0.2, 0.25) is 0 Å². The predicted octanol–water partition coefficient (Wildman–Crippen LogP) is 4.45. The van der Waals surface area contributed by atoms with Crippen LogP contribution in [0.3, 0.4) is 0 Å². The summed E-state index contributed by atoms with van der Waals surface area (Å²) in [6, 6.07) is 0. The lowest BCUT2D eigenvalue weighted by Gasteiger charge is -2.66. The highest BCUT2D eigenvalue weighted by Gasteiger charge is 2.63. The van der Waals surface area contributed by atoms with E-state index in [4.69, 9.17) is 0 Å². The van der Waals surface area contributed by atoms with Crippen molar-refractivity contribution >= 4 is 5.91 Å². The Hall–Kier alpha value is -0.790. The van der Waals surface area contributed by atoms with Crippen molar-refractivity contribution in [2.75, 3.05) is 0 Å². The van der Waals surface area contributed by atoms with Gasteiger partial charge < -0.3 is 5.32 Å². The molecule has 0 aromatic carbocycles. The van der Waals surface area contributed by atoms with Gasteiger partial charge in [0.2, 0.25) is 5.91 Å². The molecule has 5 aliphatic rings. The summed E-state index contributed by atoms with van der Waals surface area (Å²) in [4.78, 5) is 12.6. The average molecular weight is 301 g/mol. The van der Waals surface area contributed by atoms with Gasteiger partial charge in [-0.05, 0) is 81.0 Å². The largest absolute Gasteiger partial charge is 0.346 e. The van der Waals surface area contributed by atoms with E-state index in [9.17, 15) is 4.79 Å². The maximum absolute atomic E-state index is 12.6. The Morgan fingerprint density at radius 1 is 1.05 bits per heavy atom. The van der Waals surface area contributed by atoms with Crippen molar-refractivity contribution in [3.63, 3.8) is 0 Å². The van der Waals surface area contributed by atoms with Crippen LogP contribution >= 0.6 is 0 Å². The minimum Gasteiger partial charge on any atom is -0.346 e. The van der Waals surface area contributed by atoms with Gasteiger partial charge in [-0.3, -0.25) is 4.79 Å². The summed E-state index contributed by atoms with van der Waals surface area (Å²) in [6.45, 7) is 8.27. The first-order chi connectivity index (χ1) is 10.4. The number of amides is 1. The molecular formula is C20H31NO. The molecule has 0 aromatic rings. The molecule has 0 aromatic heterocycles. The van der Waals surface area contributed by atoms with Gasteiger partial charge in [0, 0.05) is 11.1 Å². The van der Waals surface area contributed by atoms with Crippen molar-refractivity contribution < 1.29 is 4.79 Å². The highest BCUT2D eigenvalue weighted by atomic mass is 16.1. The van der Waals surface area contributed by atoms with Gasteiger partial charge in [-0.2, -0.15) is 0 Å². The number of nitrogens with one attached hydrogen (secondary N) is 1. The van der Waals surface area contributed by atoms with Crippen LogP contribution in [0.4, 0.5) is 0 Å². The highest BCUT2D eigenvalue weighted by molar-refractivity contribution is 5.92. The zero-order chi connectivity index (χ0) is 15.5. The second-order valence-corrected chi connectivity index (χ2v) is 9.30. The van der Waals surface area contributed by atoms with Crippen molar-refractivity contribution in [2.24, 2.45) is 29.1 Å². The average Bonchev–Trinajstić information content (AvgIpc) is 2.95. The fourth-order valence-corrected chi connectivity index (χ4v) is 7.11. The van der Waals surface area contributed by atoms with Gasteiger partial charge in [0.05, 0.1) is 0 Å². The van der Waals surface area contributed by atoms with E-state index in [0.29, 0.717) is 11.0 Å². The minimum absolute atomic E-state index is 0.100. The molecule has 5 aliphatic carbocycles. The number of rotatable bonds is 3. The number of carbonyl (C=O) groups is 1. The van der Waals surface area contributed by atoms with Gasteiger partial charge in [-0.25, -0.2) is 0 Å². The van der Waals surface area contributed by atoms with Crippen LogP contribution in [0.1, 0.15) is 71.6 Å². The molecule has 122 valence electrons. The molecule has 0 spiro atoms. The Morgan fingerprint density at radius 2 is 1.64 bits per heavy atom. The predicted molar refractivity (Wildman–Crippen MR) is 89.3 cm³/mol. The summed E-state index contributed by atoms with van der Waals surface area (Å²) < 4.78 is 0. The third-order valence-corrected chi connectivity index (χ3v) is 7.59. The third-order valence-electron chi connectivity index (χ3n) is 7.59. The SMILES string of the molecule is C=C(C)C(=O)NC1(C2CCCC2)C2CC3CC1CC(C)(C3)C2. The van der Waals surface area contributed by atoms with E-state index in [0.717, 1.165) is 23.7 Å². The first-order valence-corrected chi connectivity index (χ1v) is 9.41. The Kier molecular flexibility index (Phi) is 3.26. The van der Waals surface area contributed by atoms with E-state index in [1.807, 2.05) is 6.92 Å². The van der Waals surface area contributed by atoms with Crippen molar-refractivity contribution in [1.82, 2.24) is 5.32 Å². The maximum Gasteiger partial charge on any atom is 0.246 e. The molecule has 2 unspecified atom stereocenters.